The number of hydrazone groups is 1. The lowest BCUT2D eigenvalue weighted by molar-refractivity contribution is 0.0972. The summed E-state index contributed by atoms with van der Waals surface area (Å²) in [5.74, 6) is 9.65. The first-order valence-corrected chi connectivity index (χ1v) is 6.80. The second kappa shape index (κ2) is 7.03. The molecule has 0 fully saturated rings. The van der Waals surface area contributed by atoms with E-state index in [-0.39, 0.29) is 22.4 Å². The van der Waals surface area contributed by atoms with Gasteiger partial charge in [0.2, 0.25) is 5.96 Å². The molecular formula is C14H14ClFN6O. The number of nitrogens with zero attached hydrogens (tertiary/aromatic N) is 3. The molecule has 1 aromatic carbocycles. The normalized spacial score (nSPS) is 11.2. The predicted octanol–water partition coefficient (Wildman–Crippen LogP) is 1.31. The highest BCUT2D eigenvalue weighted by molar-refractivity contribution is 6.36. The molecule has 0 unspecified atom stereocenters. The van der Waals surface area contributed by atoms with Crippen LogP contribution in [0.25, 0.3) is 11.3 Å². The van der Waals surface area contributed by atoms with Gasteiger partial charge >= 0.3 is 0 Å². The molecule has 0 bridgehead atoms. The molecule has 2 rings (SSSR count). The number of halogens is 2. The van der Waals surface area contributed by atoms with Crippen LogP contribution in [0, 0.1) is 5.82 Å². The number of amides is 1. The van der Waals surface area contributed by atoms with Gasteiger partial charge < -0.3 is 5.84 Å². The number of guanidine groups is 1. The topological polar surface area (TPSA) is 110 Å². The van der Waals surface area contributed by atoms with Crippen molar-refractivity contribution in [3.63, 3.8) is 0 Å². The fraction of sp³-hybridized carbons (Fsp3) is 0.0714. The second-order valence-electron chi connectivity index (χ2n) is 4.55. The number of pyridine rings is 1. The van der Waals surface area contributed by atoms with Crippen LogP contribution in [0.2, 0.25) is 5.02 Å². The number of aromatic nitrogens is 1. The molecule has 0 aliphatic carbocycles. The minimum absolute atomic E-state index is 0.0359. The van der Waals surface area contributed by atoms with Crippen molar-refractivity contribution >= 4 is 23.5 Å². The molecule has 2 aromatic rings. The number of benzene rings is 1. The van der Waals surface area contributed by atoms with Crippen molar-refractivity contribution in [3.8, 4) is 11.3 Å². The molecule has 1 amide bonds. The molecule has 7 nitrogen and oxygen atoms in total. The number of hydrogen-bond donors (Lipinski definition) is 3. The molecule has 0 aliphatic heterocycles. The Bertz CT molecular complexity index is 747. The number of nitrogens with one attached hydrogen (secondary N) is 1. The monoisotopic (exact) mass is 336 g/mol. The first-order valence-electron chi connectivity index (χ1n) is 6.42. The fourth-order valence-electron chi connectivity index (χ4n) is 1.81. The van der Waals surface area contributed by atoms with Crippen LogP contribution in [-0.2, 0) is 0 Å². The van der Waals surface area contributed by atoms with Crippen molar-refractivity contribution in [2.24, 2.45) is 16.8 Å². The summed E-state index contributed by atoms with van der Waals surface area (Å²) in [4.78, 5) is 16.4. The van der Waals surface area contributed by atoms with Crippen LogP contribution in [0.3, 0.4) is 0 Å². The lowest BCUT2D eigenvalue weighted by Gasteiger charge is -2.15. The Morgan fingerprint density at radius 2 is 2.00 bits per heavy atom. The predicted molar refractivity (Wildman–Crippen MR) is 85.7 cm³/mol. The summed E-state index contributed by atoms with van der Waals surface area (Å²) in [5.41, 5.74) is 1.09. The molecule has 0 spiro atoms. The van der Waals surface area contributed by atoms with Gasteiger partial charge in [-0.1, -0.05) is 11.6 Å². The van der Waals surface area contributed by atoms with E-state index in [0.717, 1.165) is 5.01 Å². The molecule has 9 heteroatoms. The van der Waals surface area contributed by atoms with Gasteiger partial charge in [-0.2, -0.15) is 0 Å². The number of hydrazine groups is 1. The number of nitrogens with two attached hydrogens (primary N) is 2. The van der Waals surface area contributed by atoms with Crippen LogP contribution in [0.15, 0.2) is 41.6 Å². The van der Waals surface area contributed by atoms with E-state index in [2.05, 4.69) is 15.4 Å². The zero-order chi connectivity index (χ0) is 17.0. The van der Waals surface area contributed by atoms with Gasteiger partial charge in [0.1, 0.15) is 5.82 Å². The maximum atomic E-state index is 13.0. The van der Waals surface area contributed by atoms with Crippen molar-refractivity contribution in [2.75, 3.05) is 7.05 Å². The highest BCUT2D eigenvalue weighted by Crippen LogP contribution is 2.28. The van der Waals surface area contributed by atoms with Crippen LogP contribution in [-0.4, -0.2) is 28.9 Å². The summed E-state index contributed by atoms with van der Waals surface area (Å²) in [5, 5.41) is 6.95. The lowest BCUT2D eigenvalue weighted by Crippen LogP contribution is -2.46. The third kappa shape index (κ3) is 3.74. The largest absolute Gasteiger partial charge is 0.320 e. The highest BCUT2D eigenvalue weighted by atomic mass is 35.5. The van der Waals surface area contributed by atoms with Gasteiger partial charge in [-0.25, -0.2) is 10.2 Å². The van der Waals surface area contributed by atoms with Gasteiger partial charge in [-0.15, -0.1) is 5.10 Å². The fourth-order valence-corrected chi connectivity index (χ4v) is 2.12. The second-order valence-corrected chi connectivity index (χ2v) is 4.92. The maximum absolute atomic E-state index is 13.0. The van der Waals surface area contributed by atoms with Crippen molar-refractivity contribution in [1.29, 1.82) is 0 Å². The molecule has 23 heavy (non-hydrogen) atoms. The van der Waals surface area contributed by atoms with E-state index >= 15 is 0 Å². The van der Waals surface area contributed by atoms with Gasteiger partial charge in [0.15, 0.2) is 0 Å². The molecule has 0 atom stereocenters. The molecule has 120 valence electrons. The minimum Gasteiger partial charge on any atom is -0.320 e. The number of rotatable bonds is 2. The van der Waals surface area contributed by atoms with Crippen LogP contribution in [0.1, 0.15) is 10.4 Å². The van der Waals surface area contributed by atoms with Gasteiger partial charge in [0.25, 0.3) is 5.91 Å². The van der Waals surface area contributed by atoms with Crippen molar-refractivity contribution in [2.45, 2.75) is 0 Å². The molecule has 0 saturated carbocycles. The van der Waals surface area contributed by atoms with Crippen LogP contribution in [0.5, 0.6) is 0 Å². The van der Waals surface area contributed by atoms with E-state index in [0.29, 0.717) is 11.3 Å². The molecule has 0 aliphatic rings. The Morgan fingerprint density at radius 3 is 2.57 bits per heavy atom. The van der Waals surface area contributed by atoms with E-state index in [9.17, 15) is 9.18 Å². The minimum atomic E-state index is -0.553. The SMILES string of the molecule is CN(N)/C(=N\N)NC(=O)c1ccnc(-c2ccc(F)cc2)c1Cl. The van der Waals surface area contributed by atoms with Crippen LogP contribution >= 0.6 is 11.6 Å². The summed E-state index contributed by atoms with van der Waals surface area (Å²) >= 11 is 6.25. The van der Waals surface area contributed by atoms with E-state index in [1.54, 1.807) is 0 Å². The number of carbonyl (C=O) groups excluding carboxylic acids is 1. The quantitative estimate of drug-likeness (QED) is 0.331. The molecular weight excluding hydrogens is 323 g/mol. The van der Waals surface area contributed by atoms with Gasteiger partial charge in [0, 0.05) is 18.8 Å². The average Bonchev–Trinajstić information content (AvgIpc) is 2.53. The smallest absolute Gasteiger partial charge is 0.259 e. The third-order valence-corrected chi connectivity index (χ3v) is 3.32. The summed E-state index contributed by atoms with van der Waals surface area (Å²) < 4.78 is 13.0. The highest BCUT2D eigenvalue weighted by Gasteiger charge is 2.17. The average molecular weight is 337 g/mol. The zero-order valence-electron chi connectivity index (χ0n) is 12.1. The first-order chi connectivity index (χ1) is 10.9. The maximum Gasteiger partial charge on any atom is 0.259 e. The standard InChI is InChI=1S/C14H14ClFN6O/c1-22(18)14(21-17)20-13(23)10-6-7-19-12(11(10)15)8-2-4-9(16)5-3-8/h2-7H,17-18H2,1H3,(H,20,21,23). The number of carbonyl (C=O) groups is 1. The Balaban J connectivity index is 2.36. The van der Waals surface area contributed by atoms with E-state index in [1.807, 2.05) is 0 Å². The summed E-state index contributed by atoms with van der Waals surface area (Å²) in [6, 6.07) is 7.04. The summed E-state index contributed by atoms with van der Waals surface area (Å²) in [6.07, 6.45) is 1.42. The Labute approximate surface area is 136 Å². The van der Waals surface area contributed by atoms with Crippen LogP contribution < -0.4 is 17.0 Å². The van der Waals surface area contributed by atoms with Gasteiger partial charge in [-0.05, 0) is 30.3 Å². The zero-order valence-corrected chi connectivity index (χ0v) is 12.9. The molecule has 5 N–H and O–H groups in total. The molecule has 1 aromatic heterocycles. The molecule has 1 heterocycles. The van der Waals surface area contributed by atoms with Gasteiger partial charge in [0.05, 0.1) is 16.3 Å². The molecule has 0 saturated heterocycles. The Morgan fingerprint density at radius 1 is 1.35 bits per heavy atom. The first kappa shape index (κ1) is 16.7. The van der Waals surface area contributed by atoms with Crippen LogP contribution in [0.4, 0.5) is 4.39 Å². The van der Waals surface area contributed by atoms with E-state index in [1.165, 1.54) is 43.6 Å². The summed E-state index contributed by atoms with van der Waals surface area (Å²) in [7, 11) is 1.46. The summed E-state index contributed by atoms with van der Waals surface area (Å²) in [6.45, 7) is 0. The Hall–Kier alpha value is -2.71. The Kier molecular flexibility index (Phi) is 5.09. The van der Waals surface area contributed by atoms with Crippen molar-refractivity contribution in [1.82, 2.24) is 15.3 Å². The van der Waals surface area contributed by atoms with Gasteiger partial charge in [-0.3, -0.25) is 20.1 Å². The molecule has 0 radical (unpaired) electrons. The third-order valence-electron chi connectivity index (χ3n) is 2.93. The van der Waals surface area contributed by atoms with Crippen molar-refractivity contribution < 1.29 is 9.18 Å². The lowest BCUT2D eigenvalue weighted by atomic mass is 10.1. The number of hydrogen-bond acceptors (Lipinski definition) is 5. The van der Waals surface area contributed by atoms with E-state index in [4.69, 9.17) is 23.3 Å². The van der Waals surface area contributed by atoms with E-state index < -0.39 is 5.91 Å². The van der Waals surface area contributed by atoms with Crippen molar-refractivity contribution in [3.05, 3.63) is 52.9 Å².